The summed E-state index contributed by atoms with van der Waals surface area (Å²) in [7, 11) is 1.92. The molecular weight excluding hydrogens is 408 g/mol. The smallest absolute Gasteiger partial charge is 0.254 e. The highest BCUT2D eigenvalue weighted by Crippen LogP contribution is 2.38. The molecule has 0 saturated heterocycles. The van der Waals surface area contributed by atoms with Gasteiger partial charge in [0.2, 0.25) is 5.91 Å². The normalized spacial score (nSPS) is 16.2. The highest BCUT2D eigenvalue weighted by Gasteiger charge is 2.30. The van der Waals surface area contributed by atoms with E-state index in [9.17, 15) is 9.59 Å². The van der Waals surface area contributed by atoms with Crippen LogP contribution >= 0.6 is 0 Å². The number of hydrogen-bond donors (Lipinski definition) is 3. The van der Waals surface area contributed by atoms with Crippen LogP contribution in [0.5, 0.6) is 0 Å². The van der Waals surface area contributed by atoms with Crippen LogP contribution in [0.25, 0.3) is 5.69 Å². The van der Waals surface area contributed by atoms with Crippen LogP contribution < -0.4 is 20.9 Å². The van der Waals surface area contributed by atoms with Crippen molar-refractivity contribution in [2.24, 2.45) is 5.92 Å². The Morgan fingerprint density at radius 1 is 1.25 bits per heavy atom. The predicted molar refractivity (Wildman–Crippen MR) is 120 cm³/mol. The van der Waals surface area contributed by atoms with Crippen molar-refractivity contribution < 1.29 is 13.7 Å². The zero-order valence-electron chi connectivity index (χ0n) is 20.6. The second kappa shape index (κ2) is 7.63. The number of carbonyl (C=O) groups is 2. The van der Waals surface area contributed by atoms with E-state index in [1.54, 1.807) is 6.20 Å². The SMILES string of the molecule is [2H]C([2H])([2H])NC(=O)c1cnc(NC(=O)C2CC2)cc1Nc1nccc2c1N(C)Cc1cc(C)nn1-2. The lowest BCUT2D eigenvalue weighted by atomic mass is 10.2. The number of aromatic nitrogens is 4. The maximum absolute atomic E-state index is 12.8. The van der Waals surface area contributed by atoms with E-state index in [4.69, 9.17) is 4.11 Å². The molecule has 0 unspecified atom stereocenters. The Balaban J connectivity index is 1.54. The van der Waals surface area contributed by atoms with Crippen LogP contribution in [0.3, 0.4) is 0 Å². The van der Waals surface area contributed by atoms with Crippen molar-refractivity contribution >= 4 is 34.8 Å². The van der Waals surface area contributed by atoms with Crippen LogP contribution in [0.4, 0.5) is 23.0 Å². The molecule has 0 radical (unpaired) electrons. The topological polar surface area (TPSA) is 117 Å². The van der Waals surface area contributed by atoms with Crippen molar-refractivity contribution in [3.8, 4) is 5.69 Å². The molecule has 0 bridgehead atoms. The second-order valence-electron chi connectivity index (χ2n) is 8.03. The van der Waals surface area contributed by atoms with Gasteiger partial charge in [-0.15, -0.1) is 0 Å². The van der Waals surface area contributed by atoms with Gasteiger partial charge in [-0.1, -0.05) is 0 Å². The molecule has 0 atom stereocenters. The number of hydrogen-bond acceptors (Lipinski definition) is 7. The van der Waals surface area contributed by atoms with Gasteiger partial charge in [-0.3, -0.25) is 9.59 Å². The van der Waals surface area contributed by atoms with Crippen LogP contribution in [-0.2, 0) is 11.3 Å². The Labute approximate surface area is 189 Å². The van der Waals surface area contributed by atoms with E-state index in [0.29, 0.717) is 12.4 Å². The molecule has 1 aliphatic heterocycles. The van der Waals surface area contributed by atoms with Gasteiger partial charge >= 0.3 is 0 Å². The maximum Gasteiger partial charge on any atom is 0.254 e. The van der Waals surface area contributed by atoms with E-state index in [-0.39, 0.29) is 28.9 Å². The first-order chi connectivity index (χ1) is 16.6. The number of amides is 2. The first-order valence-electron chi connectivity index (χ1n) is 11.8. The summed E-state index contributed by atoms with van der Waals surface area (Å²) in [6.45, 7) is -0.152. The van der Waals surface area contributed by atoms with Gasteiger partial charge in [-0.05, 0) is 31.9 Å². The molecule has 2 amide bonds. The molecule has 1 saturated carbocycles. The summed E-state index contributed by atoms with van der Waals surface area (Å²) in [5, 5.41) is 12.5. The highest BCUT2D eigenvalue weighted by atomic mass is 16.2. The molecule has 1 fully saturated rings. The Morgan fingerprint density at radius 2 is 2.09 bits per heavy atom. The monoisotopic (exact) mass is 435 g/mol. The maximum atomic E-state index is 12.8. The van der Waals surface area contributed by atoms with E-state index in [1.165, 1.54) is 12.3 Å². The van der Waals surface area contributed by atoms with E-state index >= 15 is 0 Å². The van der Waals surface area contributed by atoms with Crippen molar-refractivity contribution in [3.63, 3.8) is 0 Å². The van der Waals surface area contributed by atoms with Gasteiger partial charge < -0.3 is 20.9 Å². The second-order valence-corrected chi connectivity index (χ2v) is 8.03. The predicted octanol–water partition coefficient (Wildman–Crippen LogP) is 2.37. The van der Waals surface area contributed by atoms with Gasteiger partial charge in [-0.2, -0.15) is 5.10 Å². The molecule has 164 valence electrons. The first kappa shape index (κ1) is 16.7. The van der Waals surface area contributed by atoms with Gasteiger partial charge in [0.1, 0.15) is 11.5 Å². The van der Waals surface area contributed by atoms with Gasteiger partial charge in [0.05, 0.1) is 34.9 Å². The third-order valence-electron chi connectivity index (χ3n) is 5.53. The molecule has 0 spiro atoms. The van der Waals surface area contributed by atoms with Crippen molar-refractivity contribution in [1.29, 1.82) is 0 Å². The minimum absolute atomic E-state index is 0.000894. The fraction of sp³-hybridized carbons (Fsp3) is 0.318. The van der Waals surface area contributed by atoms with Crippen LogP contribution in [0, 0.1) is 12.8 Å². The number of pyridine rings is 2. The van der Waals surface area contributed by atoms with Gasteiger partial charge in [-0.25, -0.2) is 14.6 Å². The minimum atomic E-state index is -2.67. The summed E-state index contributed by atoms with van der Waals surface area (Å²) in [5.74, 6) is -0.312. The first-order valence-corrected chi connectivity index (χ1v) is 10.3. The number of anilines is 4. The largest absolute Gasteiger partial charge is 0.364 e. The third-order valence-corrected chi connectivity index (χ3v) is 5.53. The quantitative estimate of drug-likeness (QED) is 0.563. The van der Waals surface area contributed by atoms with Crippen LogP contribution in [0.1, 0.15) is 38.7 Å². The third kappa shape index (κ3) is 3.53. The molecular formula is C22H24N8O2. The lowest BCUT2D eigenvalue weighted by Crippen LogP contribution is -2.27. The van der Waals surface area contributed by atoms with E-state index in [2.05, 4.69) is 25.7 Å². The average Bonchev–Trinajstić information content (AvgIpc) is 3.55. The summed E-state index contributed by atoms with van der Waals surface area (Å²) in [6.07, 6.45) is 4.52. The number of carbonyl (C=O) groups excluding carboxylic acids is 2. The Bertz CT molecular complexity index is 1330. The molecule has 10 nitrogen and oxygen atoms in total. The number of aryl methyl sites for hydroxylation is 1. The summed E-state index contributed by atoms with van der Waals surface area (Å²) < 4.78 is 24.0. The van der Waals surface area contributed by atoms with Crippen molar-refractivity contribution in [1.82, 2.24) is 25.1 Å². The molecule has 32 heavy (non-hydrogen) atoms. The number of nitrogens with one attached hydrogen (secondary N) is 3. The zero-order chi connectivity index (χ0) is 24.9. The van der Waals surface area contributed by atoms with E-state index in [0.717, 1.165) is 35.6 Å². The molecule has 2 aliphatic rings. The van der Waals surface area contributed by atoms with Crippen molar-refractivity contribution in [2.75, 3.05) is 29.6 Å². The molecule has 5 rings (SSSR count). The lowest BCUT2D eigenvalue weighted by Gasteiger charge is -2.30. The molecule has 10 heteroatoms. The standard InChI is InChI=1S/C22H24N8O2/c1-12-8-14-11-29(3)19-17(30(14)28-12)6-7-24-20(19)26-16-9-18(27-21(31)13-4-5-13)25-10-15(16)22(32)23-2/h6-10,13H,4-5,11H2,1-3H3,(H,23,32)(H2,24,25,26,27,31)/i2D3. The van der Waals surface area contributed by atoms with E-state index in [1.807, 2.05) is 41.0 Å². The van der Waals surface area contributed by atoms with Crippen LogP contribution in [0.2, 0.25) is 0 Å². The summed E-state index contributed by atoms with van der Waals surface area (Å²) in [5.41, 5.74) is 3.74. The number of rotatable bonds is 5. The number of nitrogens with zero attached hydrogens (tertiary/aromatic N) is 5. The van der Waals surface area contributed by atoms with Gasteiger partial charge in [0, 0.05) is 42.5 Å². The summed E-state index contributed by atoms with van der Waals surface area (Å²) in [6, 6.07) is 5.37. The molecule has 1 aliphatic carbocycles. The van der Waals surface area contributed by atoms with Crippen LogP contribution in [-0.4, -0.2) is 45.6 Å². The van der Waals surface area contributed by atoms with Gasteiger partial charge in [0.25, 0.3) is 5.91 Å². The fourth-order valence-electron chi connectivity index (χ4n) is 3.86. The lowest BCUT2D eigenvalue weighted by molar-refractivity contribution is -0.117. The molecule has 3 aromatic heterocycles. The molecule has 3 N–H and O–H groups in total. The zero-order valence-corrected chi connectivity index (χ0v) is 17.6. The molecule has 3 aromatic rings. The Kier molecular flexibility index (Phi) is 3.98. The van der Waals surface area contributed by atoms with Crippen molar-refractivity contribution in [3.05, 3.63) is 47.5 Å². The Morgan fingerprint density at radius 3 is 2.88 bits per heavy atom. The van der Waals surface area contributed by atoms with Crippen LogP contribution in [0.15, 0.2) is 30.6 Å². The van der Waals surface area contributed by atoms with Gasteiger partial charge in [0.15, 0.2) is 5.82 Å². The highest BCUT2D eigenvalue weighted by molar-refractivity contribution is 6.01. The minimum Gasteiger partial charge on any atom is -0.364 e. The average molecular weight is 436 g/mol. The summed E-state index contributed by atoms with van der Waals surface area (Å²) >= 11 is 0. The fourth-order valence-corrected chi connectivity index (χ4v) is 3.86. The molecule has 0 aromatic carbocycles. The molecule has 4 heterocycles. The Hall–Kier alpha value is -3.95. The number of fused-ring (bicyclic) bond motifs is 3. The summed E-state index contributed by atoms with van der Waals surface area (Å²) in [4.78, 5) is 35.7. The van der Waals surface area contributed by atoms with Crippen molar-refractivity contribution in [2.45, 2.75) is 26.3 Å². The van der Waals surface area contributed by atoms with E-state index < -0.39 is 12.9 Å².